The number of ether oxygens (including phenoxy) is 1. The van der Waals surface area contributed by atoms with Crippen molar-refractivity contribution >= 4 is 16.5 Å². The van der Waals surface area contributed by atoms with Crippen molar-refractivity contribution in [1.82, 2.24) is 9.55 Å². The number of aryl methyl sites for hydroxylation is 1. The Morgan fingerprint density at radius 1 is 1.47 bits per heavy atom. The zero-order valence-electron chi connectivity index (χ0n) is 10.8. The van der Waals surface area contributed by atoms with Gasteiger partial charge in [-0.1, -0.05) is 0 Å². The first kappa shape index (κ1) is 13.6. The van der Waals surface area contributed by atoms with Crippen molar-refractivity contribution in [3.8, 4) is 5.75 Å². The normalized spacial score (nSPS) is 12.3. The molecule has 1 aromatic carbocycles. The molecule has 2 aromatic rings. The Morgan fingerprint density at radius 3 is 3.00 bits per heavy atom. The summed E-state index contributed by atoms with van der Waals surface area (Å²) in [5.41, 5.74) is 6.39. The molecule has 0 fully saturated rings. The van der Waals surface area contributed by atoms with Crippen molar-refractivity contribution in [2.75, 3.05) is 18.6 Å². The smallest absolute Gasteiger partial charge is 0.120 e. The van der Waals surface area contributed by atoms with Crippen LogP contribution in [0.5, 0.6) is 5.75 Å². The minimum absolute atomic E-state index is 0.543. The Kier molecular flexibility index (Phi) is 4.57. The van der Waals surface area contributed by atoms with E-state index >= 15 is 0 Å². The van der Waals surface area contributed by atoms with Gasteiger partial charge in [-0.15, -0.1) is 0 Å². The van der Waals surface area contributed by atoms with Gasteiger partial charge in [-0.25, -0.2) is 4.98 Å². The number of imidazole rings is 1. The lowest BCUT2D eigenvalue weighted by atomic mass is 10.3. The van der Waals surface area contributed by atoms with Gasteiger partial charge in [0.15, 0.2) is 0 Å². The van der Waals surface area contributed by atoms with E-state index in [1.807, 2.05) is 10.8 Å². The van der Waals surface area contributed by atoms with Crippen LogP contribution >= 0.6 is 0 Å². The summed E-state index contributed by atoms with van der Waals surface area (Å²) in [6, 6.07) is 5.23. The highest BCUT2D eigenvalue weighted by Gasteiger charge is 2.09. The molecule has 2 N–H and O–H groups in total. The third kappa shape index (κ3) is 3.57. The van der Waals surface area contributed by atoms with Gasteiger partial charge >= 0.3 is 0 Å². The molecule has 0 amide bonds. The van der Waals surface area contributed by atoms with Crippen LogP contribution in [0.4, 0.5) is 5.69 Å². The lowest BCUT2D eigenvalue weighted by Gasteiger charge is -2.08. The Morgan fingerprint density at radius 2 is 2.32 bits per heavy atom. The van der Waals surface area contributed by atoms with E-state index in [0.717, 1.165) is 13.0 Å². The molecule has 5 nitrogen and oxygen atoms in total. The van der Waals surface area contributed by atoms with Crippen LogP contribution in [-0.4, -0.2) is 26.6 Å². The monoisotopic (exact) mass is 279 g/mol. The van der Waals surface area contributed by atoms with Crippen LogP contribution in [0.15, 0.2) is 41.8 Å². The number of hydrogen-bond acceptors (Lipinski definition) is 4. The lowest BCUT2D eigenvalue weighted by Crippen LogP contribution is -2.05. The van der Waals surface area contributed by atoms with Crippen LogP contribution in [0.25, 0.3) is 0 Å². The first-order valence-corrected chi connectivity index (χ1v) is 7.30. The molecule has 1 aromatic heterocycles. The number of nitrogens with two attached hydrogens (primary N) is 1. The fourth-order valence-corrected chi connectivity index (χ4v) is 2.94. The maximum atomic E-state index is 12.2. The molecule has 19 heavy (non-hydrogen) atoms. The molecule has 1 atom stereocenters. The Balaban J connectivity index is 1.95. The highest BCUT2D eigenvalue weighted by molar-refractivity contribution is 7.85. The van der Waals surface area contributed by atoms with E-state index in [0.29, 0.717) is 22.1 Å². The van der Waals surface area contributed by atoms with Crippen molar-refractivity contribution < 1.29 is 8.95 Å². The van der Waals surface area contributed by atoms with E-state index in [9.17, 15) is 4.21 Å². The number of nitrogen functional groups attached to an aromatic ring is 1. The minimum atomic E-state index is -1.11. The third-order valence-corrected chi connectivity index (χ3v) is 4.27. The number of methoxy groups -OCH3 is 1. The van der Waals surface area contributed by atoms with Gasteiger partial charge in [0.2, 0.25) is 0 Å². The first-order chi connectivity index (χ1) is 9.20. The standard InChI is InChI=1S/C13H17N3O2S/c1-18-11-3-4-12(14)13(9-11)19(17)8-2-6-16-7-5-15-10-16/h3-5,7,9-10H,2,6,8,14H2,1H3. The molecule has 1 unspecified atom stereocenters. The number of hydrogen-bond donors (Lipinski definition) is 1. The van der Waals surface area contributed by atoms with Crippen LogP contribution < -0.4 is 10.5 Å². The number of benzene rings is 1. The molecule has 102 valence electrons. The summed E-state index contributed by atoms with van der Waals surface area (Å²) >= 11 is 0. The fourth-order valence-electron chi connectivity index (χ4n) is 1.75. The second-order valence-electron chi connectivity index (χ2n) is 4.11. The van der Waals surface area contributed by atoms with Crippen molar-refractivity contribution in [1.29, 1.82) is 0 Å². The van der Waals surface area contributed by atoms with Gasteiger partial charge in [0.25, 0.3) is 0 Å². The van der Waals surface area contributed by atoms with E-state index in [4.69, 9.17) is 10.5 Å². The predicted molar refractivity (Wildman–Crippen MR) is 75.5 cm³/mol. The molecular weight excluding hydrogens is 262 g/mol. The van der Waals surface area contributed by atoms with Gasteiger partial charge in [0.1, 0.15) is 5.75 Å². The van der Waals surface area contributed by atoms with Crippen LogP contribution in [0, 0.1) is 0 Å². The largest absolute Gasteiger partial charge is 0.497 e. The van der Waals surface area contributed by atoms with Crippen LogP contribution in [-0.2, 0) is 17.3 Å². The lowest BCUT2D eigenvalue weighted by molar-refractivity contribution is 0.413. The molecule has 0 saturated heterocycles. The average molecular weight is 279 g/mol. The van der Waals surface area contributed by atoms with E-state index in [-0.39, 0.29) is 0 Å². The number of anilines is 1. The van der Waals surface area contributed by atoms with Gasteiger partial charge in [-0.2, -0.15) is 0 Å². The molecule has 0 radical (unpaired) electrons. The highest BCUT2D eigenvalue weighted by atomic mass is 32.2. The third-order valence-electron chi connectivity index (χ3n) is 2.77. The minimum Gasteiger partial charge on any atom is -0.497 e. The summed E-state index contributed by atoms with van der Waals surface area (Å²) in [6.45, 7) is 0.801. The SMILES string of the molecule is COc1ccc(N)c(S(=O)CCCn2ccnc2)c1. The van der Waals surface area contributed by atoms with Gasteiger partial charge in [0.05, 0.1) is 29.1 Å². The van der Waals surface area contributed by atoms with E-state index < -0.39 is 10.8 Å². The van der Waals surface area contributed by atoms with Crippen molar-refractivity contribution in [3.05, 3.63) is 36.9 Å². The molecule has 2 rings (SSSR count). The zero-order chi connectivity index (χ0) is 13.7. The molecule has 0 aliphatic carbocycles. The predicted octanol–water partition coefficient (Wildman–Crippen LogP) is 1.67. The van der Waals surface area contributed by atoms with E-state index in [2.05, 4.69) is 4.98 Å². The summed E-state index contributed by atoms with van der Waals surface area (Å²) in [5.74, 6) is 1.24. The van der Waals surface area contributed by atoms with Crippen molar-refractivity contribution in [3.63, 3.8) is 0 Å². The summed E-state index contributed by atoms with van der Waals surface area (Å²) < 4.78 is 19.3. The quantitative estimate of drug-likeness (QED) is 0.817. The van der Waals surface area contributed by atoms with Gasteiger partial charge < -0.3 is 15.0 Å². The maximum absolute atomic E-state index is 12.2. The number of nitrogens with zero attached hydrogens (tertiary/aromatic N) is 2. The van der Waals surface area contributed by atoms with Crippen LogP contribution in [0.1, 0.15) is 6.42 Å². The number of rotatable bonds is 6. The van der Waals surface area contributed by atoms with Gasteiger partial charge in [0, 0.05) is 30.4 Å². The zero-order valence-corrected chi connectivity index (χ0v) is 11.6. The second-order valence-corrected chi connectivity index (χ2v) is 5.65. The molecule has 0 spiro atoms. The summed E-state index contributed by atoms with van der Waals surface area (Å²) in [6.07, 6.45) is 6.18. The molecule has 0 aliphatic rings. The Hall–Kier alpha value is -1.82. The highest BCUT2D eigenvalue weighted by Crippen LogP contribution is 2.23. The number of aromatic nitrogens is 2. The summed E-state index contributed by atoms with van der Waals surface area (Å²) in [5, 5.41) is 0. The second kappa shape index (κ2) is 6.38. The van der Waals surface area contributed by atoms with Gasteiger partial charge in [-0.05, 0) is 24.6 Å². The van der Waals surface area contributed by atoms with Gasteiger partial charge in [-0.3, -0.25) is 4.21 Å². The van der Waals surface area contributed by atoms with E-state index in [1.54, 1.807) is 37.8 Å². The molecule has 0 saturated carbocycles. The Labute approximate surface area is 114 Å². The molecular formula is C13H17N3O2S. The maximum Gasteiger partial charge on any atom is 0.120 e. The molecule has 1 heterocycles. The molecule has 0 aliphatic heterocycles. The van der Waals surface area contributed by atoms with Crippen LogP contribution in [0.2, 0.25) is 0 Å². The van der Waals surface area contributed by atoms with Crippen molar-refractivity contribution in [2.24, 2.45) is 0 Å². The fraction of sp³-hybridized carbons (Fsp3) is 0.308. The first-order valence-electron chi connectivity index (χ1n) is 5.98. The topological polar surface area (TPSA) is 70.1 Å². The molecule has 6 heteroatoms. The summed E-state index contributed by atoms with van der Waals surface area (Å²) in [4.78, 5) is 4.61. The van der Waals surface area contributed by atoms with E-state index in [1.165, 1.54) is 0 Å². The Bertz CT molecular complexity index is 555. The molecule has 0 bridgehead atoms. The van der Waals surface area contributed by atoms with Crippen LogP contribution in [0.3, 0.4) is 0 Å². The van der Waals surface area contributed by atoms with Crippen molar-refractivity contribution in [2.45, 2.75) is 17.9 Å². The summed E-state index contributed by atoms with van der Waals surface area (Å²) in [7, 11) is 0.474. The average Bonchev–Trinajstić information content (AvgIpc) is 2.92.